The molecule has 144 valence electrons. The number of aryl methyl sites for hydroxylation is 2. The van der Waals surface area contributed by atoms with Gasteiger partial charge in [-0.15, -0.1) is 0 Å². The van der Waals surface area contributed by atoms with Gasteiger partial charge in [0.25, 0.3) is 17.3 Å². The maximum atomic E-state index is 12.6. The van der Waals surface area contributed by atoms with E-state index < -0.39 is 27.1 Å². The van der Waals surface area contributed by atoms with Crippen LogP contribution in [-0.2, 0) is 14.1 Å². The third kappa shape index (κ3) is 3.07. The monoisotopic (exact) mass is 405 g/mol. The van der Waals surface area contributed by atoms with Gasteiger partial charge in [-0.2, -0.15) is 0 Å². The minimum Gasteiger partial charge on any atom is -0.316 e. The van der Waals surface area contributed by atoms with E-state index in [1.54, 1.807) is 0 Å². The molecular formula is C16H12ClN5O6. The number of aromatic nitrogens is 2. The molecule has 1 aromatic heterocycles. The first-order valence-electron chi connectivity index (χ1n) is 7.71. The lowest BCUT2D eigenvalue weighted by molar-refractivity contribution is -0.384. The summed E-state index contributed by atoms with van der Waals surface area (Å²) in [4.78, 5) is 45.6. The fourth-order valence-corrected chi connectivity index (χ4v) is 2.98. The Balaban J connectivity index is 2.12. The second-order valence-corrected chi connectivity index (χ2v) is 6.30. The Bertz CT molecular complexity index is 1230. The molecule has 0 fully saturated rings. The van der Waals surface area contributed by atoms with Crippen molar-refractivity contribution >= 4 is 45.6 Å². The molecule has 0 bridgehead atoms. The van der Waals surface area contributed by atoms with E-state index in [0.717, 1.165) is 12.1 Å². The average molecular weight is 406 g/mol. The maximum absolute atomic E-state index is 12.6. The van der Waals surface area contributed by atoms with Crippen molar-refractivity contribution in [2.24, 2.45) is 14.1 Å². The van der Waals surface area contributed by atoms with Crippen LogP contribution in [0.15, 0.2) is 35.1 Å². The maximum Gasteiger partial charge on any atom is 0.328 e. The van der Waals surface area contributed by atoms with Gasteiger partial charge in [0.15, 0.2) is 0 Å². The second kappa shape index (κ2) is 6.78. The summed E-state index contributed by atoms with van der Waals surface area (Å²) in [7, 11) is 2.95. The molecule has 0 aliphatic heterocycles. The van der Waals surface area contributed by atoms with Crippen LogP contribution in [0.3, 0.4) is 0 Å². The summed E-state index contributed by atoms with van der Waals surface area (Å²) in [6, 6.07) is 5.75. The van der Waals surface area contributed by atoms with Crippen molar-refractivity contribution < 1.29 is 14.6 Å². The van der Waals surface area contributed by atoms with Crippen LogP contribution in [0.1, 0.15) is 10.4 Å². The van der Waals surface area contributed by atoms with Crippen molar-refractivity contribution in [1.82, 2.24) is 9.13 Å². The summed E-state index contributed by atoms with van der Waals surface area (Å²) in [5.41, 5.74) is -0.911. The Morgan fingerprint density at radius 2 is 1.64 bits per heavy atom. The highest BCUT2D eigenvalue weighted by Crippen LogP contribution is 2.31. The molecule has 3 aromatic rings. The molecule has 0 saturated carbocycles. The number of halogens is 1. The molecule has 1 N–H and O–H groups in total. The molecular weight excluding hydrogens is 394 g/mol. The summed E-state index contributed by atoms with van der Waals surface area (Å²) < 4.78 is 2.51. The fourth-order valence-electron chi connectivity index (χ4n) is 2.78. The van der Waals surface area contributed by atoms with Crippen molar-refractivity contribution in [3.63, 3.8) is 0 Å². The second-order valence-electron chi connectivity index (χ2n) is 5.89. The highest BCUT2D eigenvalue weighted by atomic mass is 35.5. The number of carbonyl (C=O) groups excluding carboxylic acids is 1. The van der Waals surface area contributed by atoms with Gasteiger partial charge in [0.05, 0.1) is 31.5 Å². The lowest BCUT2D eigenvalue weighted by Crippen LogP contribution is -2.19. The summed E-state index contributed by atoms with van der Waals surface area (Å²) in [5, 5.41) is 24.6. The zero-order valence-electron chi connectivity index (χ0n) is 14.5. The minimum absolute atomic E-state index is 0.0565. The van der Waals surface area contributed by atoms with Crippen molar-refractivity contribution in [3.8, 4) is 0 Å². The van der Waals surface area contributed by atoms with E-state index in [1.807, 2.05) is 0 Å². The molecule has 0 spiro atoms. The Morgan fingerprint density at radius 3 is 2.21 bits per heavy atom. The molecule has 1 heterocycles. The van der Waals surface area contributed by atoms with Crippen LogP contribution in [0.4, 0.5) is 17.1 Å². The number of fused-ring (bicyclic) bond motifs is 1. The van der Waals surface area contributed by atoms with Crippen LogP contribution in [0, 0.1) is 20.2 Å². The van der Waals surface area contributed by atoms with Crippen molar-refractivity contribution in [1.29, 1.82) is 0 Å². The van der Waals surface area contributed by atoms with Gasteiger partial charge in [0.2, 0.25) is 0 Å². The zero-order valence-corrected chi connectivity index (χ0v) is 15.3. The molecule has 0 radical (unpaired) electrons. The molecule has 0 aliphatic carbocycles. The first-order valence-corrected chi connectivity index (χ1v) is 8.08. The van der Waals surface area contributed by atoms with Crippen LogP contribution in [-0.4, -0.2) is 24.9 Å². The Labute approximate surface area is 161 Å². The third-order valence-electron chi connectivity index (χ3n) is 4.24. The molecule has 28 heavy (non-hydrogen) atoms. The number of hydrogen-bond acceptors (Lipinski definition) is 6. The minimum atomic E-state index is -0.864. The van der Waals surface area contributed by atoms with Crippen molar-refractivity contribution in [2.45, 2.75) is 0 Å². The largest absolute Gasteiger partial charge is 0.328 e. The molecule has 0 aliphatic rings. The smallest absolute Gasteiger partial charge is 0.316 e. The quantitative estimate of drug-likeness (QED) is 0.522. The molecule has 12 heteroatoms. The highest BCUT2D eigenvalue weighted by molar-refractivity contribution is 6.34. The van der Waals surface area contributed by atoms with Crippen LogP contribution in [0.25, 0.3) is 11.0 Å². The van der Waals surface area contributed by atoms with Gasteiger partial charge in [0.1, 0.15) is 5.69 Å². The van der Waals surface area contributed by atoms with E-state index in [0.29, 0.717) is 11.0 Å². The molecule has 1 amide bonds. The third-order valence-corrected chi connectivity index (χ3v) is 4.57. The lowest BCUT2D eigenvalue weighted by Gasteiger charge is -2.08. The molecule has 0 saturated heterocycles. The van der Waals surface area contributed by atoms with E-state index in [2.05, 4.69) is 5.32 Å². The summed E-state index contributed by atoms with van der Waals surface area (Å²) in [5.74, 6) is -0.864. The van der Waals surface area contributed by atoms with Gasteiger partial charge in [-0.05, 0) is 12.1 Å². The molecule has 2 aromatic carbocycles. The fraction of sp³-hybridized carbons (Fsp3) is 0.125. The van der Waals surface area contributed by atoms with Crippen molar-refractivity contribution in [3.05, 3.63) is 71.6 Å². The van der Waals surface area contributed by atoms with E-state index >= 15 is 0 Å². The Hall–Kier alpha value is -3.73. The number of rotatable bonds is 4. The zero-order chi connectivity index (χ0) is 20.7. The number of nitrogens with one attached hydrogen (secondary N) is 1. The van der Waals surface area contributed by atoms with Gasteiger partial charge in [-0.3, -0.25) is 34.2 Å². The van der Waals surface area contributed by atoms with E-state index in [1.165, 1.54) is 41.4 Å². The first-order chi connectivity index (χ1) is 13.1. The van der Waals surface area contributed by atoms with Gasteiger partial charge in [-0.25, -0.2) is 4.79 Å². The normalized spacial score (nSPS) is 10.8. The Kier molecular flexibility index (Phi) is 4.61. The van der Waals surface area contributed by atoms with Crippen LogP contribution in [0.5, 0.6) is 0 Å². The SMILES string of the molecule is Cn1c(=O)n(C)c2cc([N+](=O)[O-])c(NC(=O)c3cc([N+](=O)[O-])ccc3Cl)cc21. The van der Waals surface area contributed by atoms with E-state index in [9.17, 15) is 29.8 Å². The van der Waals surface area contributed by atoms with Gasteiger partial charge >= 0.3 is 5.69 Å². The molecule has 3 rings (SSSR count). The van der Waals surface area contributed by atoms with Crippen LogP contribution >= 0.6 is 11.6 Å². The summed E-state index contributed by atoms with van der Waals surface area (Å²) in [6.07, 6.45) is 0. The van der Waals surface area contributed by atoms with Crippen LogP contribution < -0.4 is 11.0 Å². The number of anilines is 1. The standard InChI is InChI=1S/C16H12ClN5O6/c1-19-13-6-11(12(22(27)28)7-14(13)20(2)16(19)24)18-15(23)9-5-8(21(25)26)3-4-10(9)17/h3-7H,1-2H3,(H,18,23). The number of hydrogen-bond donors (Lipinski definition) is 1. The predicted molar refractivity (Wildman–Crippen MR) is 101 cm³/mol. The van der Waals surface area contributed by atoms with Crippen LogP contribution in [0.2, 0.25) is 5.02 Å². The van der Waals surface area contributed by atoms with Gasteiger partial charge in [-0.1, -0.05) is 11.6 Å². The van der Waals surface area contributed by atoms with Gasteiger partial charge in [0, 0.05) is 32.3 Å². The molecule has 11 nitrogen and oxygen atoms in total. The number of non-ortho nitro benzene ring substituents is 1. The number of nitro groups is 2. The van der Waals surface area contributed by atoms with Gasteiger partial charge < -0.3 is 5.32 Å². The van der Waals surface area contributed by atoms with E-state index in [4.69, 9.17) is 11.6 Å². The topological polar surface area (TPSA) is 142 Å². The number of imidazole rings is 1. The summed E-state index contributed by atoms with van der Waals surface area (Å²) in [6.45, 7) is 0. The predicted octanol–water partition coefficient (Wildman–Crippen LogP) is 2.60. The number of benzene rings is 2. The lowest BCUT2D eigenvalue weighted by atomic mass is 10.1. The number of carbonyl (C=O) groups is 1. The molecule has 0 unspecified atom stereocenters. The average Bonchev–Trinajstić information content (AvgIpc) is 2.85. The number of nitrogens with zero attached hydrogens (tertiary/aromatic N) is 4. The number of amides is 1. The molecule has 0 atom stereocenters. The first kappa shape index (κ1) is 19.0. The van der Waals surface area contributed by atoms with E-state index in [-0.39, 0.29) is 22.0 Å². The van der Waals surface area contributed by atoms with Crippen molar-refractivity contribution in [2.75, 3.05) is 5.32 Å². The Morgan fingerprint density at radius 1 is 1.04 bits per heavy atom. The summed E-state index contributed by atoms with van der Waals surface area (Å²) >= 11 is 5.94. The highest BCUT2D eigenvalue weighted by Gasteiger charge is 2.23. The number of nitro benzene ring substituents is 2.